The van der Waals surface area contributed by atoms with Gasteiger partial charge in [0.05, 0.1) is 17.1 Å². The molecule has 2 rings (SSSR count). The van der Waals surface area contributed by atoms with Crippen LogP contribution in [0.3, 0.4) is 0 Å². The number of nitrogens with zero attached hydrogens (tertiary/aromatic N) is 3. The highest BCUT2D eigenvalue weighted by atomic mass is 19.4. The van der Waals surface area contributed by atoms with Gasteiger partial charge in [0.2, 0.25) is 5.95 Å². The van der Waals surface area contributed by atoms with Crippen LogP contribution in [0.2, 0.25) is 0 Å². The number of rotatable bonds is 2. The van der Waals surface area contributed by atoms with Crippen molar-refractivity contribution < 1.29 is 13.2 Å². The van der Waals surface area contributed by atoms with Crippen LogP contribution in [0.1, 0.15) is 17.0 Å². The van der Waals surface area contributed by atoms with E-state index in [4.69, 9.17) is 5.73 Å². The van der Waals surface area contributed by atoms with Gasteiger partial charge in [0.1, 0.15) is 11.4 Å². The molecule has 6 nitrogen and oxygen atoms in total. The van der Waals surface area contributed by atoms with Crippen LogP contribution in [0.4, 0.5) is 30.6 Å². The van der Waals surface area contributed by atoms with Crippen LogP contribution in [0.15, 0.2) is 6.20 Å². The molecule has 0 bridgehead atoms. The first-order chi connectivity index (χ1) is 8.79. The fourth-order valence-electron chi connectivity index (χ4n) is 1.61. The second-order valence-corrected chi connectivity index (χ2v) is 3.90. The normalized spacial score (nSPS) is 11.6. The molecule has 0 aromatic carbocycles. The number of nitrogen functional groups attached to an aromatic ring is 1. The highest BCUT2D eigenvalue weighted by molar-refractivity contribution is 5.57. The lowest BCUT2D eigenvalue weighted by molar-refractivity contribution is -0.137. The van der Waals surface area contributed by atoms with Gasteiger partial charge in [0.15, 0.2) is 0 Å². The van der Waals surface area contributed by atoms with E-state index in [-0.39, 0.29) is 11.6 Å². The van der Waals surface area contributed by atoms with Crippen molar-refractivity contribution in [2.45, 2.75) is 20.0 Å². The van der Waals surface area contributed by atoms with Gasteiger partial charge < -0.3 is 11.1 Å². The molecule has 0 aliphatic carbocycles. The zero-order valence-electron chi connectivity index (χ0n) is 10.1. The molecule has 0 unspecified atom stereocenters. The Kier molecular flexibility index (Phi) is 3.05. The number of aromatic nitrogens is 4. The Morgan fingerprint density at radius 1 is 1.21 bits per heavy atom. The molecule has 0 aliphatic heterocycles. The summed E-state index contributed by atoms with van der Waals surface area (Å²) in [7, 11) is 0. The quantitative estimate of drug-likeness (QED) is 0.779. The van der Waals surface area contributed by atoms with Gasteiger partial charge in [-0.3, -0.25) is 5.10 Å². The monoisotopic (exact) mass is 272 g/mol. The summed E-state index contributed by atoms with van der Waals surface area (Å²) in [6.45, 7) is 2.95. The van der Waals surface area contributed by atoms with E-state index in [2.05, 4.69) is 25.5 Å². The number of anilines is 3. The average Bonchev–Trinajstić information content (AvgIpc) is 2.61. The zero-order chi connectivity index (χ0) is 14.2. The smallest absolute Gasteiger partial charge is 0.383 e. The second-order valence-electron chi connectivity index (χ2n) is 3.90. The van der Waals surface area contributed by atoms with Crippen LogP contribution in [0, 0.1) is 13.8 Å². The van der Waals surface area contributed by atoms with Crippen LogP contribution >= 0.6 is 0 Å². The summed E-state index contributed by atoms with van der Waals surface area (Å²) < 4.78 is 38.1. The first kappa shape index (κ1) is 13.1. The summed E-state index contributed by atoms with van der Waals surface area (Å²) in [6.07, 6.45) is -3.03. The summed E-state index contributed by atoms with van der Waals surface area (Å²) >= 11 is 0. The largest absolute Gasteiger partial charge is 0.421 e. The highest BCUT2D eigenvalue weighted by Gasteiger charge is 2.36. The van der Waals surface area contributed by atoms with E-state index < -0.39 is 17.6 Å². The first-order valence-corrected chi connectivity index (χ1v) is 5.27. The number of H-pyrrole nitrogens is 1. The molecule has 0 saturated heterocycles. The third-order valence-electron chi connectivity index (χ3n) is 2.48. The minimum atomic E-state index is -4.57. The number of halogens is 3. The topological polar surface area (TPSA) is 92.5 Å². The highest BCUT2D eigenvalue weighted by Crippen LogP contribution is 2.35. The Morgan fingerprint density at radius 3 is 2.37 bits per heavy atom. The molecule has 0 fully saturated rings. The molecule has 0 spiro atoms. The van der Waals surface area contributed by atoms with Crippen LogP contribution in [-0.4, -0.2) is 20.2 Å². The number of nitrogens with one attached hydrogen (secondary N) is 2. The molecular weight excluding hydrogens is 261 g/mol. The molecule has 2 aromatic heterocycles. The van der Waals surface area contributed by atoms with Crippen molar-refractivity contribution in [2.24, 2.45) is 0 Å². The van der Waals surface area contributed by atoms with Gasteiger partial charge in [-0.2, -0.15) is 23.3 Å². The number of nitrogens with two attached hydrogens (primary N) is 1. The molecule has 0 saturated carbocycles. The first-order valence-electron chi connectivity index (χ1n) is 5.27. The lowest BCUT2D eigenvalue weighted by Crippen LogP contribution is -2.15. The minimum Gasteiger partial charge on any atom is -0.383 e. The number of aryl methyl sites for hydroxylation is 2. The lowest BCUT2D eigenvalue weighted by Gasteiger charge is -2.13. The van der Waals surface area contributed by atoms with Gasteiger partial charge in [-0.1, -0.05) is 0 Å². The van der Waals surface area contributed by atoms with Gasteiger partial charge in [-0.25, -0.2) is 4.98 Å². The SMILES string of the molecule is Cc1n[nH]cc1Nc1nc(C)c(C(F)(F)F)c(N)n1. The van der Waals surface area contributed by atoms with Crippen molar-refractivity contribution in [1.29, 1.82) is 0 Å². The van der Waals surface area contributed by atoms with E-state index in [1.807, 2.05) is 0 Å². The Hall–Kier alpha value is -2.32. The molecule has 2 heterocycles. The van der Waals surface area contributed by atoms with E-state index in [0.717, 1.165) is 0 Å². The maximum atomic E-state index is 12.7. The predicted octanol–water partition coefficient (Wildman–Crippen LogP) is 2.16. The van der Waals surface area contributed by atoms with E-state index in [9.17, 15) is 13.2 Å². The summed E-state index contributed by atoms with van der Waals surface area (Å²) in [4.78, 5) is 7.36. The molecule has 2 aromatic rings. The van der Waals surface area contributed by atoms with Crippen molar-refractivity contribution in [3.8, 4) is 0 Å². The number of aromatic amines is 1. The molecule has 0 aliphatic rings. The fraction of sp³-hybridized carbons (Fsp3) is 0.300. The summed E-state index contributed by atoms with van der Waals surface area (Å²) in [6, 6.07) is 0. The summed E-state index contributed by atoms with van der Waals surface area (Å²) in [5.74, 6) is -0.615. The van der Waals surface area contributed by atoms with Gasteiger partial charge >= 0.3 is 6.18 Å². The van der Waals surface area contributed by atoms with E-state index >= 15 is 0 Å². The van der Waals surface area contributed by atoms with Gasteiger partial charge in [0.25, 0.3) is 0 Å². The van der Waals surface area contributed by atoms with Crippen molar-refractivity contribution in [3.63, 3.8) is 0 Å². The molecule has 0 radical (unpaired) electrons. The molecule has 102 valence electrons. The summed E-state index contributed by atoms with van der Waals surface area (Å²) in [5, 5.41) is 9.21. The van der Waals surface area contributed by atoms with Gasteiger partial charge in [0, 0.05) is 6.20 Å². The predicted molar refractivity (Wildman–Crippen MR) is 62.8 cm³/mol. The van der Waals surface area contributed by atoms with Crippen LogP contribution in [0.25, 0.3) is 0 Å². The van der Waals surface area contributed by atoms with Crippen molar-refractivity contribution in [2.75, 3.05) is 11.1 Å². The van der Waals surface area contributed by atoms with Crippen molar-refractivity contribution >= 4 is 17.5 Å². The molecule has 19 heavy (non-hydrogen) atoms. The third kappa shape index (κ3) is 2.59. The van der Waals surface area contributed by atoms with E-state index in [1.54, 1.807) is 13.1 Å². The minimum absolute atomic E-state index is 0.00694. The van der Waals surface area contributed by atoms with Gasteiger partial charge in [-0.15, -0.1) is 0 Å². The standard InChI is InChI=1S/C10H11F3N6/c1-4-6(3-15-19-4)17-9-16-5(2)7(8(14)18-9)10(11,12)13/h3H,1-2H3,(H,15,19)(H3,14,16,17,18). The molecular formula is C10H11F3N6. The van der Waals surface area contributed by atoms with Crippen LogP contribution < -0.4 is 11.1 Å². The van der Waals surface area contributed by atoms with Crippen molar-refractivity contribution in [3.05, 3.63) is 23.1 Å². The van der Waals surface area contributed by atoms with Crippen LogP contribution in [0.5, 0.6) is 0 Å². The maximum Gasteiger partial charge on any atom is 0.421 e. The summed E-state index contributed by atoms with van der Waals surface area (Å²) in [5.41, 5.74) is 5.30. The average molecular weight is 272 g/mol. The molecule has 0 atom stereocenters. The molecule has 9 heteroatoms. The Balaban J connectivity index is 2.38. The van der Waals surface area contributed by atoms with Crippen LogP contribution in [-0.2, 0) is 6.18 Å². The molecule has 0 amide bonds. The van der Waals surface area contributed by atoms with Gasteiger partial charge in [-0.05, 0) is 13.8 Å². The van der Waals surface area contributed by atoms with E-state index in [1.165, 1.54) is 6.92 Å². The van der Waals surface area contributed by atoms with E-state index in [0.29, 0.717) is 11.4 Å². The Labute approximate surface area is 106 Å². The Morgan fingerprint density at radius 2 is 1.89 bits per heavy atom. The number of alkyl halides is 3. The zero-order valence-corrected chi connectivity index (χ0v) is 10.1. The maximum absolute atomic E-state index is 12.7. The fourth-order valence-corrected chi connectivity index (χ4v) is 1.61. The number of hydrogen-bond donors (Lipinski definition) is 3. The lowest BCUT2D eigenvalue weighted by atomic mass is 10.2. The Bertz CT molecular complexity index is 581. The second kappa shape index (κ2) is 4.41. The number of hydrogen-bond acceptors (Lipinski definition) is 5. The third-order valence-corrected chi connectivity index (χ3v) is 2.48. The molecule has 4 N–H and O–H groups in total. The van der Waals surface area contributed by atoms with Crippen molar-refractivity contribution in [1.82, 2.24) is 20.2 Å².